The number of halogens is 1. The van der Waals surface area contributed by atoms with Crippen LogP contribution in [0.2, 0.25) is 5.02 Å². The number of ether oxygens (including phenoxy) is 1. The Morgan fingerprint density at radius 2 is 2.23 bits per heavy atom. The molecule has 0 spiro atoms. The number of nitrogens with zero attached hydrogens (tertiary/aromatic N) is 1. The van der Waals surface area contributed by atoms with Gasteiger partial charge in [-0.25, -0.2) is 0 Å². The van der Waals surface area contributed by atoms with Crippen LogP contribution in [0, 0.1) is 17.8 Å². The van der Waals surface area contributed by atoms with Crippen LogP contribution in [0.3, 0.4) is 0 Å². The molecule has 0 radical (unpaired) electrons. The maximum atomic E-state index is 13.0. The first-order valence-corrected chi connectivity index (χ1v) is 9.57. The van der Waals surface area contributed by atoms with Crippen molar-refractivity contribution in [1.82, 2.24) is 10.2 Å². The molecular weight excluding hydrogens is 350 g/mol. The number of amides is 1. The topological polar surface area (TPSA) is 67.6 Å². The second-order valence-electron chi connectivity index (χ2n) is 7.10. The molecule has 0 saturated carbocycles. The number of benzene rings is 1. The minimum Gasteiger partial charge on any atom is -0.477 e. The molecule has 1 aromatic rings. The van der Waals surface area contributed by atoms with Gasteiger partial charge < -0.3 is 20.7 Å². The molecule has 2 heterocycles. The zero-order chi connectivity index (χ0) is 18.7. The third-order valence-electron chi connectivity index (χ3n) is 5.18. The summed E-state index contributed by atoms with van der Waals surface area (Å²) in [6, 6.07) is 3.38. The average molecular weight is 376 g/mol. The Morgan fingerprint density at radius 1 is 1.42 bits per heavy atom. The molecule has 140 valence electrons. The first-order chi connectivity index (χ1) is 12.5. The first-order valence-electron chi connectivity index (χ1n) is 9.19. The fourth-order valence-corrected chi connectivity index (χ4v) is 4.05. The summed E-state index contributed by atoms with van der Waals surface area (Å²) in [6.07, 6.45) is 3.00. The average Bonchev–Trinajstić information content (AvgIpc) is 2.61. The standard InChI is InChI=1S/C20H26ClN3O2/c1-3-5-13(2)26-19-11-17(22)16(21)10-15(19)20(25)23-18-7-9-24-8-4-6-14(18)12-24/h10-11,13-14,18H,4,6-9,12,22H2,1-2H3,(H,23,25)/t13?,14?,18-/m0/s1. The number of hydrogen-bond donors (Lipinski definition) is 2. The van der Waals surface area contributed by atoms with E-state index in [2.05, 4.69) is 22.1 Å². The zero-order valence-corrected chi connectivity index (χ0v) is 16.1. The molecule has 6 heteroatoms. The lowest BCUT2D eigenvalue weighted by molar-refractivity contribution is 0.0736. The molecule has 4 atom stereocenters. The summed E-state index contributed by atoms with van der Waals surface area (Å²) >= 11 is 6.16. The van der Waals surface area contributed by atoms with E-state index in [1.54, 1.807) is 19.1 Å². The van der Waals surface area contributed by atoms with Gasteiger partial charge in [-0.1, -0.05) is 17.5 Å². The highest BCUT2D eigenvalue weighted by atomic mass is 35.5. The van der Waals surface area contributed by atoms with Gasteiger partial charge in [0.2, 0.25) is 0 Å². The van der Waals surface area contributed by atoms with Crippen LogP contribution >= 0.6 is 11.6 Å². The molecule has 3 N–H and O–H groups in total. The van der Waals surface area contributed by atoms with Gasteiger partial charge >= 0.3 is 0 Å². The van der Waals surface area contributed by atoms with Crippen LogP contribution in [0.5, 0.6) is 5.75 Å². The van der Waals surface area contributed by atoms with Crippen molar-refractivity contribution in [2.75, 3.05) is 25.4 Å². The molecule has 0 aliphatic carbocycles. The molecule has 1 aromatic carbocycles. The quantitative estimate of drug-likeness (QED) is 0.627. The number of carbonyl (C=O) groups excluding carboxylic acids is 1. The normalized spacial score (nSPS) is 25.6. The SMILES string of the molecule is CC#CC(C)Oc1cc(N)c(Cl)cc1C(=O)N[C@H]1CCN2CCCC1C2. The summed E-state index contributed by atoms with van der Waals surface area (Å²) in [4.78, 5) is 15.4. The van der Waals surface area contributed by atoms with Crippen molar-refractivity contribution >= 4 is 23.2 Å². The Labute approximate surface area is 160 Å². The lowest BCUT2D eigenvalue weighted by atomic mass is 9.85. The summed E-state index contributed by atoms with van der Waals surface area (Å²) in [7, 11) is 0. The number of piperidine rings is 2. The second kappa shape index (κ2) is 8.20. The highest BCUT2D eigenvalue weighted by Crippen LogP contribution is 2.31. The number of fused-ring (bicyclic) bond motifs is 2. The Bertz CT molecular complexity index is 741. The predicted octanol–water partition coefficient (Wildman–Crippen LogP) is 2.93. The largest absolute Gasteiger partial charge is 0.477 e. The second-order valence-corrected chi connectivity index (χ2v) is 7.50. The van der Waals surface area contributed by atoms with E-state index in [-0.39, 0.29) is 18.1 Å². The van der Waals surface area contributed by atoms with Gasteiger partial charge in [-0.2, -0.15) is 0 Å². The Kier molecular flexibility index (Phi) is 5.95. The molecule has 26 heavy (non-hydrogen) atoms. The first kappa shape index (κ1) is 18.9. The van der Waals surface area contributed by atoms with E-state index in [9.17, 15) is 4.79 Å². The van der Waals surface area contributed by atoms with E-state index < -0.39 is 0 Å². The van der Waals surface area contributed by atoms with E-state index in [0.29, 0.717) is 27.9 Å². The number of rotatable bonds is 4. The van der Waals surface area contributed by atoms with Crippen molar-refractivity contribution in [3.8, 4) is 17.6 Å². The molecule has 2 bridgehead atoms. The molecule has 2 fully saturated rings. The summed E-state index contributed by atoms with van der Waals surface area (Å²) in [6.45, 7) is 6.87. The van der Waals surface area contributed by atoms with Gasteiger partial charge in [-0.05, 0) is 51.6 Å². The van der Waals surface area contributed by atoms with Crippen molar-refractivity contribution in [1.29, 1.82) is 0 Å². The van der Waals surface area contributed by atoms with E-state index in [1.165, 1.54) is 13.0 Å². The van der Waals surface area contributed by atoms with Gasteiger partial charge in [0.25, 0.3) is 5.91 Å². The number of hydrogen-bond acceptors (Lipinski definition) is 4. The van der Waals surface area contributed by atoms with Crippen molar-refractivity contribution in [2.24, 2.45) is 5.92 Å². The Hall–Kier alpha value is -1.90. The zero-order valence-electron chi connectivity index (χ0n) is 15.3. The molecule has 2 aliphatic rings. The van der Waals surface area contributed by atoms with Crippen molar-refractivity contribution in [3.63, 3.8) is 0 Å². The van der Waals surface area contributed by atoms with Gasteiger partial charge in [0.15, 0.2) is 6.10 Å². The molecular formula is C20H26ClN3O2. The third-order valence-corrected chi connectivity index (χ3v) is 5.51. The minimum absolute atomic E-state index is 0.164. The summed E-state index contributed by atoms with van der Waals surface area (Å²) in [5, 5.41) is 3.55. The molecule has 1 amide bonds. The van der Waals surface area contributed by atoms with Crippen LogP contribution in [0.1, 0.15) is 43.5 Å². The number of nitrogens with two attached hydrogens (primary N) is 1. The minimum atomic E-state index is -0.339. The lowest BCUT2D eigenvalue weighted by Crippen LogP contribution is -2.53. The predicted molar refractivity (Wildman–Crippen MR) is 104 cm³/mol. The highest BCUT2D eigenvalue weighted by molar-refractivity contribution is 6.33. The summed E-state index contributed by atoms with van der Waals surface area (Å²) in [5.74, 6) is 6.50. The maximum absolute atomic E-state index is 13.0. The van der Waals surface area contributed by atoms with Crippen LogP contribution in [0.15, 0.2) is 12.1 Å². The molecule has 0 aromatic heterocycles. The number of carbonyl (C=O) groups is 1. The van der Waals surface area contributed by atoms with Crippen LogP contribution in [-0.2, 0) is 0 Å². The third kappa shape index (κ3) is 4.25. The fourth-order valence-electron chi connectivity index (χ4n) is 3.88. The summed E-state index contributed by atoms with van der Waals surface area (Å²) in [5.41, 5.74) is 6.70. The smallest absolute Gasteiger partial charge is 0.255 e. The molecule has 2 saturated heterocycles. The number of anilines is 1. The van der Waals surface area contributed by atoms with Crippen LogP contribution in [0.4, 0.5) is 5.69 Å². The highest BCUT2D eigenvalue weighted by Gasteiger charge is 2.33. The van der Waals surface area contributed by atoms with Gasteiger partial charge in [0.05, 0.1) is 16.3 Å². The van der Waals surface area contributed by atoms with Crippen LogP contribution < -0.4 is 15.8 Å². The molecule has 2 aliphatic heterocycles. The van der Waals surface area contributed by atoms with Gasteiger partial charge in [-0.3, -0.25) is 4.79 Å². The molecule has 5 nitrogen and oxygen atoms in total. The van der Waals surface area contributed by atoms with Crippen LogP contribution in [-0.4, -0.2) is 42.6 Å². The summed E-state index contributed by atoms with van der Waals surface area (Å²) < 4.78 is 5.83. The van der Waals surface area contributed by atoms with E-state index in [4.69, 9.17) is 22.1 Å². The number of nitrogen functional groups attached to an aromatic ring is 1. The Morgan fingerprint density at radius 3 is 3.00 bits per heavy atom. The monoisotopic (exact) mass is 375 g/mol. The number of nitrogens with one attached hydrogen (secondary N) is 1. The van der Waals surface area contributed by atoms with Gasteiger partial charge in [0.1, 0.15) is 5.75 Å². The van der Waals surface area contributed by atoms with Gasteiger partial charge in [-0.15, -0.1) is 5.92 Å². The van der Waals surface area contributed by atoms with Crippen LogP contribution in [0.25, 0.3) is 0 Å². The fraction of sp³-hybridized carbons (Fsp3) is 0.550. The van der Waals surface area contributed by atoms with Crippen molar-refractivity contribution < 1.29 is 9.53 Å². The van der Waals surface area contributed by atoms with E-state index in [0.717, 1.165) is 25.9 Å². The van der Waals surface area contributed by atoms with Crippen molar-refractivity contribution in [3.05, 3.63) is 22.7 Å². The Balaban J connectivity index is 1.78. The van der Waals surface area contributed by atoms with E-state index in [1.807, 2.05) is 6.92 Å². The maximum Gasteiger partial charge on any atom is 0.255 e. The lowest BCUT2D eigenvalue weighted by Gasteiger charge is -2.42. The van der Waals surface area contributed by atoms with Gasteiger partial charge in [0, 0.05) is 25.2 Å². The van der Waals surface area contributed by atoms with Crippen molar-refractivity contribution in [2.45, 2.75) is 45.3 Å². The molecule has 3 unspecified atom stereocenters. The molecule has 3 rings (SSSR count). The van der Waals surface area contributed by atoms with E-state index >= 15 is 0 Å².